The Bertz CT molecular complexity index is 1250. The van der Waals surface area contributed by atoms with Gasteiger partial charge < -0.3 is 19.2 Å². The fourth-order valence-corrected chi connectivity index (χ4v) is 3.15. The summed E-state index contributed by atoms with van der Waals surface area (Å²) in [6.45, 7) is 1.02. The van der Waals surface area contributed by atoms with Crippen molar-refractivity contribution in [3.05, 3.63) is 90.0 Å². The minimum atomic E-state index is -0.305. The molecule has 4 rings (SSSR count). The monoisotopic (exact) mass is 427 g/mol. The summed E-state index contributed by atoms with van der Waals surface area (Å²) in [6, 6.07) is 22.0. The molecule has 7 nitrogen and oxygen atoms in total. The van der Waals surface area contributed by atoms with Gasteiger partial charge in [-0.1, -0.05) is 30.3 Å². The molecule has 2 aromatic carbocycles. The quantitative estimate of drug-likeness (QED) is 0.396. The van der Waals surface area contributed by atoms with Gasteiger partial charge in [0, 0.05) is 18.1 Å². The maximum Gasteiger partial charge on any atom is 0.286 e. The molecular weight excluding hydrogens is 406 g/mol. The zero-order valence-electron chi connectivity index (χ0n) is 17.3. The van der Waals surface area contributed by atoms with Crippen molar-refractivity contribution in [3.8, 4) is 17.6 Å². The third-order valence-electron chi connectivity index (χ3n) is 4.72. The molecular formula is C25H21N3O4. The highest BCUT2D eigenvalue weighted by Gasteiger charge is 2.12. The Morgan fingerprint density at radius 2 is 1.84 bits per heavy atom. The van der Waals surface area contributed by atoms with E-state index >= 15 is 0 Å². The molecule has 0 saturated heterocycles. The highest BCUT2D eigenvalue weighted by molar-refractivity contribution is 5.91. The van der Waals surface area contributed by atoms with Crippen LogP contribution in [-0.4, -0.2) is 24.0 Å². The van der Waals surface area contributed by atoms with Crippen LogP contribution < -0.4 is 14.8 Å². The van der Waals surface area contributed by atoms with Crippen molar-refractivity contribution in [1.82, 2.24) is 10.3 Å². The Labute approximate surface area is 185 Å². The van der Waals surface area contributed by atoms with E-state index in [2.05, 4.69) is 16.4 Å². The molecule has 0 spiro atoms. The molecule has 160 valence electrons. The number of rotatable bonds is 9. The van der Waals surface area contributed by atoms with E-state index in [0.29, 0.717) is 36.6 Å². The third-order valence-corrected chi connectivity index (χ3v) is 4.72. The van der Waals surface area contributed by atoms with Crippen molar-refractivity contribution in [1.29, 1.82) is 5.26 Å². The summed E-state index contributed by atoms with van der Waals surface area (Å²) in [7, 11) is 0. The molecule has 0 atom stereocenters. The van der Waals surface area contributed by atoms with E-state index in [1.54, 1.807) is 42.6 Å². The summed E-state index contributed by atoms with van der Waals surface area (Å²) in [5.74, 6) is 1.59. The average Bonchev–Trinajstić information content (AvgIpc) is 3.32. The van der Waals surface area contributed by atoms with Gasteiger partial charge in [0.1, 0.15) is 35.5 Å². The molecule has 0 unspecified atom stereocenters. The molecule has 0 fully saturated rings. The number of hydrogen-bond donors (Lipinski definition) is 1. The van der Waals surface area contributed by atoms with E-state index in [-0.39, 0.29) is 18.3 Å². The second-order valence-electron chi connectivity index (χ2n) is 6.95. The predicted octanol–water partition coefficient (Wildman–Crippen LogP) is 4.48. The van der Waals surface area contributed by atoms with Crippen LogP contribution in [0.4, 0.5) is 0 Å². The second kappa shape index (κ2) is 10.1. The van der Waals surface area contributed by atoms with E-state index < -0.39 is 0 Å². The largest absolute Gasteiger partial charge is 0.491 e. The van der Waals surface area contributed by atoms with Gasteiger partial charge in [-0.2, -0.15) is 5.26 Å². The van der Waals surface area contributed by atoms with Crippen molar-refractivity contribution in [2.24, 2.45) is 0 Å². The molecule has 0 radical (unpaired) electrons. The zero-order chi connectivity index (χ0) is 22.2. The molecule has 0 aliphatic heterocycles. The molecule has 0 aliphatic carbocycles. The number of hydrogen-bond acceptors (Lipinski definition) is 6. The first kappa shape index (κ1) is 20.9. The SMILES string of the molecule is N#Cc1ccccc1OCc1ccc(C(=O)NCCCOc2cccc3cccnc23)o1. The molecule has 32 heavy (non-hydrogen) atoms. The van der Waals surface area contributed by atoms with Crippen LogP contribution in [0.2, 0.25) is 0 Å². The maximum atomic E-state index is 12.3. The van der Waals surface area contributed by atoms with Gasteiger partial charge in [0.15, 0.2) is 5.76 Å². The number of nitrogens with zero attached hydrogens (tertiary/aromatic N) is 2. The minimum Gasteiger partial charge on any atom is -0.491 e. The number of fused-ring (bicyclic) bond motifs is 1. The van der Waals surface area contributed by atoms with Gasteiger partial charge in [0.2, 0.25) is 0 Å². The van der Waals surface area contributed by atoms with E-state index in [9.17, 15) is 4.79 Å². The number of ether oxygens (including phenoxy) is 2. The van der Waals surface area contributed by atoms with E-state index in [1.807, 2.05) is 30.3 Å². The number of carbonyl (C=O) groups excluding carboxylic acids is 1. The molecule has 0 bridgehead atoms. The average molecular weight is 427 g/mol. The van der Waals surface area contributed by atoms with Gasteiger partial charge in [-0.3, -0.25) is 9.78 Å². The van der Waals surface area contributed by atoms with Crippen LogP contribution in [0, 0.1) is 11.3 Å². The molecule has 2 aromatic heterocycles. The smallest absolute Gasteiger partial charge is 0.286 e. The Balaban J connectivity index is 1.22. The van der Waals surface area contributed by atoms with Crippen LogP contribution in [0.3, 0.4) is 0 Å². The second-order valence-corrected chi connectivity index (χ2v) is 6.95. The third kappa shape index (κ3) is 5.05. The van der Waals surface area contributed by atoms with Gasteiger partial charge in [0.25, 0.3) is 5.91 Å². The molecule has 4 aromatic rings. The van der Waals surface area contributed by atoms with Gasteiger partial charge in [-0.05, 0) is 42.8 Å². The highest BCUT2D eigenvalue weighted by atomic mass is 16.5. The molecule has 7 heteroatoms. The summed E-state index contributed by atoms with van der Waals surface area (Å²) in [5.41, 5.74) is 1.26. The van der Waals surface area contributed by atoms with Gasteiger partial charge >= 0.3 is 0 Å². The lowest BCUT2D eigenvalue weighted by Crippen LogP contribution is -2.25. The molecule has 2 heterocycles. The standard InChI is InChI=1S/C25H21N3O4/c26-16-19-6-1-2-9-21(19)31-17-20-11-12-23(32-20)25(29)28-14-5-15-30-22-10-3-7-18-8-4-13-27-24(18)22/h1-4,6-13H,5,14-15,17H2,(H,28,29). The first-order valence-corrected chi connectivity index (χ1v) is 10.2. The van der Waals surface area contributed by atoms with Gasteiger partial charge in [-0.15, -0.1) is 0 Å². The number of benzene rings is 2. The lowest BCUT2D eigenvalue weighted by atomic mass is 10.2. The summed E-state index contributed by atoms with van der Waals surface area (Å²) in [4.78, 5) is 16.7. The maximum absolute atomic E-state index is 12.3. The Morgan fingerprint density at radius 3 is 2.75 bits per heavy atom. The van der Waals surface area contributed by atoms with Crippen molar-refractivity contribution < 1.29 is 18.7 Å². The molecule has 0 saturated carbocycles. The summed E-state index contributed by atoms with van der Waals surface area (Å²) in [5, 5.41) is 12.9. The summed E-state index contributed by atoms with van der Waals surface area (Å²) >= 11 is 0. The van der Waals surface area contributed by atoms with Crippen molar-refractivity contribution in [3.63, 3.8) is 0 Å². The molecule has 1 amide bonds. The normalized spacial score (nSPS) is 10.5. The first-order chi connectivity index (χ1) is 15.7. The molecule has 0 aliphatic rings. The van der Waals surface area contributed by atoms with Crippen molar-refractivity contribution >= 4 is 16.8 Å². The fraction of sp³-hybridized carbons (Fsp3) is 0.160. The first-order valence-electron chi connectivity index (χ1n) is 10.2. The van der Waals surface area contributed by atoms with Crippen molar-refractivity contribution in [2.75, 3.05) is 13.2 Å². The Kier molecular flexibility index (Phi) is 6.63. The van der Waals surface area contributed by atoms with Gasteiger partial charge in [0.05, 0.1) is 12.2 Å². The van der Waals surface area contributed by atoms with E-state index in [4.69, 9.17) is 19.2 Å². The van der Waals surface area contributed by atoms with E-state index in [0.717, 1.165) is 16.7 Å². The number of nitriles is 1. The van der Waals surface area contributed by atoms with Crippen LogP contribution >= 0.6 is 0 Å². The summed E-state index contributed by atoms with van der Waals surface area (Å²) in [6.07, 6.45) is 2.37. The number of nitrogens with one attached hydrogen (secondary N) is 1. The zero-order valence-corrected chi connectivity index (χ0v) is 17.3. The van der Waals surface area contributed by atoms with Crippen LogP contribution in [0.1, 0.15) is 28.3 Å². The topological polar surface area (TPSA) is 97.4 Å². The van der Waals surface area contributed by atoms with Crippen LogP contribution in [0.25, 0.3) is 10.9 Å². The number of pyridine rings is 1. The number of para-hydroxylation sites is 2. The lowest BCUT2D eigenvalue weighted by Gasteiger charge is -2.09. The van der Waals surface area contributed by atoms with Gasteiger partial charge in [-0.25, -0.2) is 0 Å². The predicted molar refractivity (Wildman–Crippen MR) is 118 cm³/mol. The van der Waals surface area contributed by atoms with E-state index in [1.165, 1.54) is 0 Å². The number of amides is 1. The van der Waals surface area contributed by atoms with Crippen LogP contribution in [-0.2, 0) is 6.61 Å². The van der Waals surface area contributed by atoms with Crippen molar-refractivity contribution in [2.45, 2.75) is 13.0 Å². The lowest BCUT2D eigenvalue weighted by molar-refractivity contribution is 0.0919. The highest BCUT2D eigenvalue weighted by Crippen LogP contribution is 2.23. The minimum absolute atomic E-state index is 0.124. The van der Waals surface area contributed by atoms with Crippen LogP contribution in [0.5, 0.6) is 11.5 Å². The fourth-order valence-electron chi connectivity index (χ4n) is 3.15. The Hall–Kier alpha value is -4.31. The number of aromatic nitrogens is 1. The molecule has 1 N–H and O–H groups in total. The van der Waals surface area contributed by atoms with Crippen LogP contribution in [0.15, 0.2) is 77.3 Å². The summed E-state index contributed by atoms with van der Waals surface area (Å²) < 4.78 is 17.0. The Morgan fingerprint density at radius 1 is 1.00 bits per heavy atom. The number of furan rings is 1. The number of carbonyl (C=O) groups is 1.